The minimum Gasteiger partial charge on any atom is -0.491 e. The second kappa shape index (κ2) is 10.1. The summed E-state index contributed by atoms with van der Waals surface area (Å²) in [6.07, 6.45) is 0.692. The number of hydrogen-bond donors (Lipinski definition) is 3. The first-order valence-corrected chi connectivity index (χ1v) is 10.0. The molecule has 0 saturated carbocycles. The summed E-state index contributed by atoms with van der Waals surface area (Å²) in [5.74, 6) is 0.645. The number of hydroxylamine groups is 1. The molecular formula is C23H27N3O5. The molecule has 0 aliphatic heterocycles. The van der Waals surface area contributed by atoms with E-state index in [4.69, 9.17) is 14.4 Å². The van der Waals surface area contributed by atoms with E-state index in [0.717, 1.165) is 16.7 Å². The standard InChI is InChI=1S/C23H27N3O5/c1-4-18(14-30-19-8-5-15(6-9-19)23(28)25-29)24-22(27)16-7-10-21-17(11-16)12-20(31-21)13-26(2)3/h5-12,18,29H,4,13-14H2,1-3H3,(H,24,27)(H,25,28)/t18-/m0/s1. The number of carbonyl (C=O) groups is 2. The maximum atomic E-state index is 12.7. The van der Waals surface area contributed by atoms with Crippen molar-refractivity contribution < 1.29 is 24.0 Å². The predicted octanol–water partition coefficient (Wildman–Crippen LogP) is 3.20. The predicted molar refractivity (Wildman–Crippen MR) is 116 cm³/mol. The fourth-order valence-corrected chi connectivity index (χ4v) is 3.12. The van der Waals surface area contributed by atoms with Gasteiger partial charge in [0.2, 0.25) is 0 Å². The van der Waals surface area contributed by atoms with Gasteiger partial charge in [-0.2, -0.15) is 0 Å². The molecule has 3 rings (SSSR count). The molecule has 3 aromatic rings. The third kappa shape index (κ3) is 5.84. The molecule has 0 radical (unpaired) electrons. The van der Waals surface area contributed by atoms with Crippen molar-refractivity contribution >= 4 is 22.8 Å². The van der Waals surface area contributed by atoms with Crippen LogP contribution >= 0.6 is 0 Å². The van der Waals surface area contributed by atoms with E-state index >= 15 is 0 Å². The molecule has 164 valence electrons. The highest BCUT2D eigenvalue weighted by Crippen LogP contribution is 2.22. The van der Waals surface area contributed by atoms with Gasteiger partial charge in [-0.25, -0.2) is 5.48 Å². The van der Waals surface area contributed by atoms with Crippen LogP contribution in [0.2, 0.25) is 0 Å². The van der Waals surface area contributed by atoms with E-state index in [1.807, 2.05) is 44.1 Å². The number of nitrogens with one attached hydrogen (secondary N) is 2. The van der Waals surface area contributed by atoms with Crippen LogP contribution in [0.15, 0.2) is 52.9 Å². The topological polar surface area (TPSA) is 104 Å². The van der Waals surface area contributed by atoms with Crippen LogP contribution in [-0.2, 0) is 6.54 Å². The van der Waals surface area contributed by atoms with Gasteiger partial charge in [0.05, 0.1) is 12.6 Å². The van der Waals surface area contributed by atoms with Crippen molar-refractivity contribution in [2.24, 2.45) is 0 Å². The van der Waals surface area contributed by atoms with E-state index < -0.39 is 5.91 Å². The number of rotatable bonds is 9. The van der Waals surface area contributed by atoms with Crippen molar-refractivity contribution in [2.45, 2.75) is 25.9 Å². The fourth-order valence-electron chi connectivity index (χ4n) is 3.12. The first-order valence-electron chi connectivity index (χ1n) is 10.0. The molecule has 8 heteroatoms. The number of carbonyl (C=O) groups excluding carboxylic acids is 2. The normalized spacial score (nSPS) is 12.0. The molecule has 0 bridgehead atoms. The number of hydrogen-bond acceptors (Lipinski definition) is 6. The molecule has 31 heavy (non-hydrogen) atoms. The lowest BCUT2D eigenvalue weighted by molar-refractivity contribution is 0.0706. The molecule has 0 aliphatic rings. The van der Waals surface area contributed by atoms with Crippen LogP contribution in [0.4, 0.5) is 0 Å². The Kier molecular flexibility index (Phi) is 7.28. The average Bonchev–Trinajstić information content (AvgIpc) is 3.16. The molecule has 0 unspecified atom stereocenters. The monoisotopic (exact) mass is 425 g/mol. The summed E-state index contributed by atoms with van der Waals surface area (Å²) in [5.41, 5.74) is 3.21. The quantitative estimate of drug-likeness (QED) is 0.359. The van der Waals surface area contributed by atoms with Gasteiger partial charge >= 0.3 is 0 Å². The van der Waals surface area contributed by atoms with Crippen molar-refractivity contribution in [3.05, 3.63) is 65.4 Å². The Morgan fingerprint density at radius 1 is 1.06 bits per heavy atom. The van der Waals surface area contributed by atoms with Crippen LogP contribution in [0.3, 0.4) is 0 Å². The lowest BCUT2D eigenvalue weighted by Crippen LogP contribution is -2.38. The minimum absolute atomic E-state index is 0.178. The second-order valence-corrected chi connectivity index (χ2v) is 7.56. The van der Waals surface area contributed by atoms with Gasteiger partial charge in [-0.1, -0.05) is 6.92 Å². The lowest BCUT2D eigenvalue weighted by atomic mass is 10.1. The van der Waals surface area contributed by atoms with Gasteiger partial charge < -0.3 is 19.4 Å². The second-order valence-electron chi connectivity index (χ2n) is 7.56. The van der Waals surface area contributed by atoms with Gasteiger partial charge in [0.25, 0.3) is 11.8 Å². The number of amides is 2. The molecule has 1 aromatic heterocycles. The number of furan rings is 1. The Hall–Kier alpha value is -3.36. The summed E-state index contributed by atoms with van der Waals surface area (Å²) in [6, 6.07) is 13.5. The van der Waals surface area contributed by atoms with Crippen molar-refractivity contribution in [1.82, 2.24) is 15.7 Å². The lowest BCUT2D eigenvalue weighted by Gasteiger charge is -2.18. The smallest absolute Gasteiger partial charge is 0.274 e. The summed E-state index contributed by atoms with van der Waals surface area (Å²) in [7, 11) is 3.94. The van der Waals surface area contributed by atoms with Crippen LogP contribution in [-0.4, -0.2) is 48.7 Å². The highest BCUT2D eigenvalue weighted by atomic mass is 16.5. The van der Waals surface area contributed by atoms with Gasteiger partial charge in [0.1, 0.15) is 23.7 Å². The Labute approximate surface area is 180 Å². The Bertz CT molecular complexity index is 1040. The molecule has 0 fully saturated rings. The summed E-state index contributed by atoms with van der Waals surface area (Å²) in [5, 5.41) is 12.5. The van der Waals surface area contributed by atoms with Crippen LogP contribution in [0.25, 0.3) is 11.0 Å². The molecule has 1 heterocycles. The van der Waals surface area contributed by atoms with Crippen LogP contribution in [0.5, 0.6) is 5.75 Å². The average molecular weight is 425 g/mol. The SMILES string of the molecule is CC[C@@H](COc1ccc(C(=O)NO)cc1)NC(=O)c1ccc2oc(CN(C)C)cc2c1. The van der Waals surface area contributed by atoms with Gasteiger partial charge in [0, 0.05) is 16.5 Å². The summed E-state index contributed by atoms with van der Waals surface area (Å²) < 4.78 is 11.5. The molecule has 3 N–H and O–H groups in total. The zero-order valence-corrected chi connectivity index (χ0v) is 17.8. The van der Waals surface area contributed by atoms with Crippen molar-refractivity contribution in [3.63, 3.8) is 0 Å². The first kappa shape index (κ1) is 22.3. The van der Waals surface area contributed by atoms with Crippen molar-refractivity contribution in [2.75, 3.05) is 20.7 Å². The largest absolute Gasteiger partial charge is 0.491 e. The summed E-state index contributed by atoms with van der Waals surface area (Å²) in [6.45, 7) is 2.95. The number of fused-ring (bicyclic) bond motifs is 1. The molecule has 0 aliphatic carbocycles. The Morgan fingerprint density at radius 3 is 2.42 bits per heavy atom. The molecule has 2 aromatic carbocycles. The van der Waals surface area contributed by atoms with E-state index in [2.05, 4.69) is 5.32 Å². The fraction of sp³-hybridized carbons (Fsp3) is 0.304. The van der Waals surface area contributed by atoms with Crippen LogP contribution in [0, 0.1) is 0 Å². The minimum atomic E-state index is -0.589. The number of nitrogens with zero attached hydrogens (tertiary/aromatic N) is 1. The zero-order chi connectivity index (χ0) is 22.4. The summed E-state index contributed by atoms with van der Waals surface area (Å²) in [4.78, 5) is 26.1. The number of benzene rings is 2. The maximum Gasteiger partial charge on any atom is 0.274 e. The van der Waals surface area contributed by atoms with Gasteiger partial charge in [-0.05, 0) is 69.0 Å². The van der Waals surface area contributed by atoms with E-state index in [0.29, 0.717) is 29.8 Å². The van der Waals surface area contributed by atoms with Gasteiger partial charge in [-0.3, -0.25) is 14.8 Å². The van der Waals surface area contributed by atoms with E-state index in [1.54, 1.807) is 35.8 Å². The van der Waals surface area contributed by atoms with E-state index in [1.165, 1.54) is 0 Å². The van der Waals surface area contributed by atoms with Crippen LogP contribution in [0.1, 0.15) is 39.8 Å². The van der Waals surface area contributed by atoms with Crippen molar-refractivity contribution in [1.29, 1.82) is 0 Å². The Balaban J connectivity index is 1.60. The highest BCUT2D eigenvalue weighted by molar-refractivity contribution is 5.98. The summed E-state index contributed by atoms with van der Waals surface area (Å²) >= 11 is 0. The third-order valence-electron chi connectivity index (χ3n) is 4.80. The molecule has 0 saturated heterocycles. The first-order chi connectivity index (χ1) is 14.9. The zero-order valence-electron chi connectivity index (χ0n) is 17.8. The molecular weight excluding hydrogens is 398 g/mol. The van der Waals surface area contributed by atoms with Crippen molar-refractivity contribution in [3.8, 4) is 5.75 Å². The van der Waals surface area contributed by atoms with E-state index in [-0.39, 0.29) is 18.6 Å². The molecule has 1 atom stereocenters. The van der Waals surface area contributed by atoms with E-state index in [9.17, 15) is 9.59 Å². The Morgan fingerprint density at radius 2 is 1.77 bits per heavy atom. The molecule has 2 amide bonds. The third-order valence-corrected chi connectivity index (χ3v) is 4.80. The molecule has 0 spiro atoms. The van der Waals surface area contributed by atoms with Gasteiger partial charge in [-0.15, -0.1) is 0 Å². The number of ether oxygens (including phenoxy) is 1. The maximum absolute atomic E-state index is 12.7. The van der Waals surface area contributed by atoms with Crippen LogP contribution < -0.4 is 15.5 Å². The van der Waals surface area contributed by atoms with Gasteiger partial charge in [0.15, 0.2) is 0 Å². The molecule has 8 nitrogen and oxygen atoms in total. The highest BCUT2D eigenvalue weighted by Gasteiger charge is 2.15.